The summed E-state index contributed by atoms with van der Waals surface area (Å²) >= 11 is 7.74. The second-order valence-corrected chi connectivity index (χ2v) is 9.83. The summed E-state index contributed by atoms with van der Waals surface area (Å²) in [5.74, 6) is -2.38. The van der Waals surface area contributed by atoms with Crippen LogP contribution in [0.1, 0.15) is 39.0 Å². The van der Waals surface area contributed by atoms with Gasteiger partial charge in [-0.1, -0.05) is 17.7 Å². The number of nitrogens with zero attached hydrogens (tertiary/aromatic N) is 3. The zero-order chi connectivity index (χ0) is 29.1. The van der Waals surface area contributed by atoms with Gasteiger partial charge < -0.3 is 10.6 Å². The van der Waals surface area contributed by atoms with E-state index in [-0.39, 0.29) is 44.3 Å². The standard InChI is InChI=1S/C23H23ClF6N6O2S/c1-11(10-39-3)31-19(38)17-14(5-4-6-15(17)24)18(37)33-16-8-7-13(32-12(16)2)9-36-21(23(28,29)30)34-20(35-36)22(25,26)27/h4-8,11,21H,9-10H2,1-3H3,(H,31,38)(H,33,37)(H,34,35). The Bertz CT molecular complexity index is 1270. The Labute approximate surface area is 228 Å². The maximum atomic E-state index is 13.3. The zero-order valence-corrected chi connectivity index (χ0v) is 22.2. The number of hydrogen-bond donors (Lipinski definition) is 3. The molecule has 2 atom stereocenters. The minimum Gasteiger partial charge on any atom is -0.349 e. The minimum atomic E-state index is -5.10. The second kappa shape index (κ2) is 12.0. The van der Waals surface area contributed by atoms with E-state index < -0.39 is 42.7 Å². The lowest BCUT2D eigenvalue weighted by molar-refractivity contribution is -0.183. The number of hydrogen-bond acceptors (Lipinski definition) is 7. The van der Waals surface area contributed by atoms with Crippen LogP contribution >= 0.6 is 23.4 Å². The van der Waals surface area contributed by atoms with Crippen molar-refractivity contribution in [3.63, 3.8) is 0 Å². The maximum absolute atomic E-state index is 13.3. The lowest BCUT2D eigenvalue weighted by Crippen LogP contribution is -2.48. The van der Waals surface area contributed by atoms with Crippen LogP contribution in [0.25, 0.3) is 0 Å². The summed E-state index contributed by atoms with van der Waals surface area (Å²) < 4.78 is 78.7. The zero-order valence-electron chi connectivity index (χ0n) is 20.7. The van der Waals surface area contributed by atoms with Gasteiger partial charge >= 0.3 is 12.4 Å². The first-order chi connectivity index (χ1) is 18.1. The number of hydrazine groups is 1. The molecule has 0 aliphatic carbocycles. The number of aryl methyl sites for hydroxylation is 1. The molecule has 1 aliphatic heterocycles. The van der Waals surface area contributed by atoms with E-state index in [1.807, 2.05) is 6.26 Å². The quantitative estimate of drug-likeness (QED) is 0.373. The van der Waals surface area contributed by atoms with Crippen molar-refractivity contribution < 1.29 is 35.9 Å². The largest absolute Gasteiger partial charge is 0.450 e. The number of thioether (sulfide) groups is 1. The van der Waals surface area contributed by atoms with Gasteiger partial charge in [-0.25, -0.2) is 4.99 Å². The first-order valence-electron chi connectivity index (χ1n) is 11.2. The van der Waals surface area contributed by atoms with Crippen LogP contribution in [0.4, 0.5) is 32.0 Å². The summed E-state index contributed by atoms with van der Waals surface area (Å²) in [5, 5.41) is 5.68. The minimum absolute atomic E-state index is 0.0172. The van der Waals surface area contributed by atoms with Gasteiger partial charge in [-0.15, -0.1) is 0 Å². The molecular formula is C23H23ClF6N6O2S. The van der Waals surface area contributed by atoms with Crippen molar-refractivity contribution in [1.82, 2.24) is 20.7 Å². The lowest BCUT2D eigenvalue weighted by Gasteiger charge is -2.24. The molecule has 0 fully saturated rings. The Balaban J connectivity index is 1.78. The molecule has 8 nitrogen and oxygen atoms in total. The Morgan fingerprint density at radius 1 is 1.15 bits per heavy atom. The number of pyridine rings is 1. The van der Waals surface area contributed by atoms with E-state index in [1.165, 1.54) is 49.0 Å². The lowest BCUT2D eigenvalue weighted by atomic mass is 10.1. The van der Waals surface area contributed by atoms with Gasteiger partial charge in [0, 0.05) is 11.8 Å². The van der Waals surface area contributed by atoms with E-state index in [0.717, 1.165) is 0 Å². The number of nitrogens with one attached hydrogen (secondary N) is 3. The fraction of sp³-hybridized carbons (Fsp3) is 0.391. The summed E-state index contributed by atoms with van der Waals surface area (Å²) in [7, 11) is 0. The van der Waals surface area contributed by atoms with Gasteiger partial charge in [0.25, 0.3) is 11.8 Å². The van der Waals surface area contributed by atoms with E-state index in [0.29, 0.717) is 5.75 Å². The Hall–Kier alpha value is -3.04. The predicted molar refractivity (Wildman–Crippen MR) is 136 cm³/mol. The van der Waals surface area contributed by atoms with Crippen molar-refractivity contribution >= 4 is 46.7 Å². The Morgan fingerprint density at radius 3 is 2.44 bits per heavy atom. The van der Waals surface area contributed by atoms with E-state index in [4.69, 9.17) is 11.6 Å². The number of halogens is 7. The van der Waals surface area contributed by atoms with Crippen molar-refractivity contribution in [3.05, 3.63) is 57.9 Å². The molecule has 3 N–H and O–H groups in total. The van der Waals surface area contributed by atoms with Gasteiger partial charge in [0.2, 0.25) is 12.0 Å². The van der Waals surface area contributed by atoms with Crippen LogP contribution in [0.15, 0.2) is 35.3 Å². The van der Waals surface area contributed by atoms with Crippen LogP contribution < -0.4 is 16.1 Å². The van der Waals surface area contributed by atoms with E-state index in [9.17, 15) is 35.9 Å². The van der Waals surface area contributed by atoms with Gasteiger partial charge in [0.1, 0.15) is 0 Å². The molecule has 0 spiro atoms. The first-order valence-corrected chi connectivity index (χ1v) is 13.0. The monoisotopic (exact) mass is 596 g/mol. The smallest absolute Gasteiger partial charge is 0.349 e. The highest BCUT2D eigenvalue weighted by Crippen LogP contribution is 2.32. The number of anilines is 1. The first kappa shape index (κ1) is 30.5. The van der Waals surface area contributed by atoms with Gasteiger partial charge in [0.05, 0.1) is 39.8 Å². The number of aromatic nitrogens is 1. The number of amides is 2. The number of carbonyl (C=O) groups is 2. The molecular weight excluding hydrogens is 574 g/mol. The molecule has 2 heterocycles. The van der Waals surface area contributed by atoms with Crippen LogP contribution in [0.3, 0.4) is 0 Å². The fourth-order valence-electron chi connectivity index (χ4n) is 3.66. The molecule has 0 saturated carbocycles. The third-order valence-electron chi connectivity index (χ3n) is 5.36. The Morgan fingerprint density at radius 2 is 1.85 bits per heavy atom. The van der Waals surface area contributed by atoms with Crippen molar-refractivity contribution in [2.75, 3.05) is 17.3 Å². The van der Waals surface area contributed by atoms with Crippen molar-refractivity contribution in [2.24, 2.45) is 4.99 Å². The number of amidine groups is 1. The number of aliphatic imine (C=N–C) groups is 1. The highest BCUT2D eigenvalue weighted by Gasteiger charge is 2.52. The van der Waals surface area contributed by atoms with Gasteiger partial charge in [-0.05, 0) is 44.4 Å². The van der Waals surface area contributed by atoms with E-state index in [2.05, 4.69) is 20.6 Å². The number of benzene rings is 1. The maximum Gasteiger partial charge on any atom is 0.450 e. The van der Waals surface area contributed by atoms with E-state index in [1.54, 1.807) is 12.3 Å². The van der Waals surface area contributed by atoms with Crippen LogP contribution in [0.5, 0.6) is 0 Å². The SMILES string of the molecule is CSCC(C)NC(=O)c1c(Cl)cccc1C(=O)Nc1ccc(CN2NC(C(F)(F)F)=NC2C(F)(F)F)nc1C. The molecule has 2 unspecified atom stereocenters. The van der Waals surface area contributed by atoms with Crippen molar-refractivity contribution in [3.8, 4) is 0 Å². The molecule has 39 heavy (non-hydrogen) atoms. The topological polar surface area (TPSA) is 98.7 Å². The van der Waals surface area contributed by atoms with Crippen molar-refractivity contribution in [1.29, 1.82) is 0 Å². The summed E-state index contributed by atoms with van der Waals surface area (Å²) in [6.07, 6.45) is -11.1. The summed E-state index contributed by atoms with van der Waals surface area (Å²) in [5.41, 5.74) is 1.90. The van der Waals surface area contributed by atoms with Gasteiger partial charge in [-0.3, -0.25) is 20.0 Å². The summed E-state index contributed by atoms with van der Waals surface area (Å²) in [6, 6.07) is 6.75. The molecule has 16 heteroatoms. The second-order valence-electron chi connectivity index (χ2n) is 8.51. The van der Waals surface area contributed by atoms with Crippen molar-refractivity contribution in [2.45, 2.75) is 45.0 Å². The summed E-state index contributed by atoms with van der Waals surface area (Å²) in [6.45, 7) is 2.58. The molecule has 3 rings (SSSR count). The number of rotatable bonds is 8. The molecule has 1 aromatic heterocycles. The fourth-order valence-corrected chi connectivity index (χ4v) is 4.50. The highest BCUT2D eigenvalue weighted by atomic mass is 35.5. The van der Waals surface area contributed by atoms with Gasteiger partial charge in [0.15, 0.2) is 0 Å². The Kier molecular flexibility index (Phi) is 9.39. The third kappa shape index (κ3) is 7.54. The molecule has 2 amide bonds. The average molecular weight is 597 g/mol. The number of alkyl halides is 6. The van der Waals surface area contributed by atoms with Gasteiger partial charge in [-0.2, -0.15) is 43.1 Å². The predicted octanol–water partition coefficient (Wildman–Crippen LogP) is 4.95. The molecule has 212 valence electrons. The molecule has 0 radical (unpaired) electrons. The average Bonchev–Trinajstić information content (AvgIpc) is 3.25. The molecule has 0 bridgehead atoms. The normalized spacial score (nSPS) is 16.9. The molecule has 1 aliphatic rings. The molecule has 0 saturated heterocycles. The van der Waals surface area contributed by atoms with Crippen LogP contribution in [-0.4, -0.2) is 64.2 Å². The number of carbonyl (C=O) groups excluding carboxylic acids is 2. The molecule has 1 aromatic carbocycles. The van der Waals surface area contributed by atoms with Crippen LogP contribution in [-0.2, 0) is 6.54 Å². The van der Waals surface area contributed by atoms with E-state index >= 15 is 0 Å². The summed E-state index contributed by atoms with van der Waals surface area (Å²) in [4.78, 5) is 32.7. The van der Waals surface area contributed by atoms with Crippen LogP contribution in [0, 0.1) is 6.92 Å². The molecule has 2 aromatic rings. The highest BCUT2D eigenvalue weighted by molar-refractivity contribution is 7.98. The van der Waals surface area contributed by atoms with Crippen LogP contribution in [0.2, 0.25) is 5.02 Å². The third-order valence-corrected chi connectivity index (χ3v) is 6.51.